The summed E-state index contributed by atoms with van der Waals surface area (Å²) in [5, 5.41) is 3.93. The second-order valence-electron chi connectivity index (χ2n) is 5.15. The van der Waals surface area contributed by atoms with Crippen molar-refractivity contribution >= 4 is 37.8 Å². The molecule has 1 unspecified atom stereocenters. The Morgan fingerprint density at radius 3 is 2.86 bits per heavy atom. The number of carbonyl (C=O) groups is 1. The lowest BCUT2D eigenvalue weighted by atomic mass is 10.1. The van der Waals surface area contributed by atoms with Crippen molar-refractivity contribution in [3.63, 3.8) is 0 Å². The zero-order valence-corrected chi connectivity index (χ0v) is 14.6. The molecule has 0 N–H and O–H groups in total. The van der Waals surface area contributed by atoms with Gasteiger partial charge in [-0.15, -0.1) is 0 Å². The van der Waals surface area contributed by atoms with Crippen molar-refractivity contribution in [3.8, 4) is 0 Å². The zero-order chi connectivity index (χ0) is 15.0. The van der Waals surface area contributed by atoms with Gasteiger partial charge in [0.15, 0.2) is 5.76 Å². The third-order valence-electron chi connectivity index (χ3n) is 3.65. The highest BCUT2D eigenvalue weighted by molar-refractivity contribution is 9.11. The van der Waals surface area contributed by atoms with Crippen LogP contribution in [0.25, 0.3) is 0 Å². The molecule has 1 aliphatic heterocycles. The van der Waals surface area contributed by atoms with Crippen LogP contribution in [0.1, 0.15) is 40.7 Å². The van der Waals surface area contributed by atoms with E-state index in [9.17, 15) is 4.79 Å². The molecule has 2 heterocycles. The van der Waals surface area contributed by atoms with Gasteiger partial charge in [-0.05, 0) is 53.9 Å². The number of hydrogen-bond acceptors (Lipinski definition) is 3. The number of amides is 1. The van der Waals surface area contributed by atoms with E-state index in [0.29, 0.717) is 5.56 Å². The fourth-order valence-corrected chi connectivity index (χ4v) is 3.88. The Labute approximate surface area is 139 Å². The summed E-state index contributed by atoms with van der Waals surface area (Å²) in [5.74, 6) is 0.789. The van der Waals surface area contributed by atoms with Crippen molar-refractivity contribution in [2.24, 2.45) is 0 Å². The van der Waals surface area contributed by atoms with Gasteiger partial charge in [-0.25, -0.2) is 0 Å². The van der Waals surface area contributed by atoms with E-state index in [1.165, 1.54) is 0 Å². The molecule has 3 rings (SSSR count). The maximum absolute atomic E-state index is 12.8. The smallest absolute Gasteiger partial charge is 0.255 e. The summed E-state index contributed by atoms with van der Waals surface area (Å²) in [6.45, 7) is 2.63. The number of carbonyl (C=O) groups excluding carboxylic acids is 1. The molecule has 2 aromatic rings. The lowest BCUT2D eigenvalue weighted by Gasteiger charge is -2.23. The summed E-state index contributed by atoms with van der Waals surface area (Å²) in [5.41, 5.74) is 1.51. The van der Waals surface area contributed by atoms with Gasteiger partial charge in [0.05, 0.1) is 17.3 Å². The lowest BCUT2D eigenvalue weighted by molar-refractivity contribution is 0.0713. The van der Waals surface area contributed by atoms with Gasteiger partial charge in [-0.1, -0.05) is 21.1 Å². The molecule has 1 amide bonds. The summed E-state index contributed by atoms with van der Waals surface area (Å²) < 4.78 is 7.08. The van der Waals surface area contributed by atoms with E-state index < -0.39 is 0 Å². The first kappa shape index (κ1) is 14.8. The largest absolute Gasteiger partial charge is 0.359 e. The molecule has 1 aromatic carbocycles. The minimum Gasteiger partial charge on any atom is -0.359 e. The van der Waals surface area contributed by atoms with Crippen molar-refractivity contribution in [3.05, 3.63) is 50.2 Å². The monoisotopic (exact) mass is 412 g/mol. The van der Waals surface area contributed by atoms with Crippen molar-refractivity contribution < 1.29 is 9.32 Å². The molecule has 6 heteroatoms. The van der Waals surface area contributed by atoms with E-state index in [1.54, 1.807) is 0 Å². The number of benzene rings is 1. The molecule has 1 fully saturated rings. The average Bonchev–Trinajstić information content (AvgIpc) is 3.06. The fourth-order valence-electron chi connectivity index (χ4n) is 2.66. The predicted molar refractivity (Wildman–Crippen MR) is 86.1 cm³/mol. The molecule has 1 aliphatic rings. The van der Waals surface area contributed by atoms with E-state index in [-0.39, 0.29) is 11.9 Å². The first-order valence-corrected chi connectivity index (χ1v) is 8.34. The van der Waals surface area contributed by atoms with Gasteiger partial charge in [0.2, 0.25) is 0 Å². The Morgan fingerprint density at radius 1 is 1.38 bits per heavy atom. The second kappa shape index (κ2) is 5.93. The van der Waals surface area contributed by atoms with Crippen molar-refractivity contribution in [2.45, 2.75) is 25.8 Å². The highest BCUT2D eigenvalue weighted by Gasteiger charge is 2.33. The highest BCUT2D eigenvalue weighted by Crippen LogP contribution is 2.34. The average molecular weight is 414 g/mol. The minimum atomic E-state index is -0.0192. The molecule has 0 bridgehead atoms. The molecule has 0 aliphatic carbocycles. The van der Waals surface area contributed by atoms with E-state index in [2.05, 4.69) is 37.0 Å². The first-order valence-electron chi connectivity index (χ1n) is 6.75. The quantitative estimate of drug-likeness (QED) is 0.728. The highest BCUT2D eigenvalue weighted by atomic mass is 79.9. The fraction of sp³-hybridized carbons (Fsp3) is 0.333. The molecule has 0 radical (unpaired) electrons. The maximum Gasteiger partial charge on any atom is 0.255 e. The van der Waals surface area contributed by atoms with Gasteiger partial charge >= 0.3 is 0 Å². The maximum atomic E-state index is 12.8. The van der Waals surface area contributed by atoms with Crippen LogP contribution in [-0.2, 0) is 0 Å². The Hall–Kier alpha value is -1.14. The number of aryl methyl sites for hydroxylation is 1. The number of rotatable bonds is 2. The van der Waals surface area contributed by atoms with Gasteiger partial charge < -0.3 is 9.42 Å². The van der Waals surface area contributed by atoms with E-state index in [0.717, 1.165) is 39.8 Å². The van der Waals surface area contributed by atoms with Gasteiger partial charge in [-0.3, -0.25) is 4.79 Å². The lowest BCUT2D eigenvalue weighted by Crippen LogP contribution is -2.30. The van der Waals surface area contributed by atoms with Crippen molar-refractivity contribution in [1.82, 2.24) is 10.1 Å². The Kier molecular flexibility index (Phi) is 4.17. The summed E-state index contributed by atoms with van der Waals surface area (Å²) in [6.07, 6.45) is 1.89. The van der Waals surface area contributed by atoms with Crippen LogP contribution in [0.5, 0.6) is 0 Å². The van der Waals surface area contributed by atoms with Crippen LogP contribution in [0.3, 0.4) is 0 Å². The molecule has 110 valence electrons. The molecule has 21 heavy (non-hydrogen) atoms. The number of aromatic nitrogens is 1. The van der Waals surface area contributed by atoms with Crippen LogP contribution in [0, 0.1) is 6.92 Å². The van der Waals surface area contributed by atoms with Gasteiger partial charge in [0, 0.05) is 21.6 Å². The number of halogens is 2. The normalized spacial score (nSPS) is 18.2. The van der Waals surface area contributed by atoms with E-state index in [1.807, 2.05) is 36.1 Å². The first-order chi connectivity index (χ1) is 10.1. The predicted octanol–water partition coefficient (Wildman–Crippen LogP) is 4.49. The Morgan fingerprint density at radius 2 is 2.19 bits per heavy atom. The summed E-state index contributed by atoms with van der Waals surface area (Å²) >= 11 is 6.86. The number of nitrogens with zero attached hydrogens (tertiary/aromatic N) is 2. The van der Waals surface area contributed by atoms with E-state index >= 15 is 0 Å². The third kappa shape index (κ3) is 2.92. The van der Waals surface area contributed by atoms with Gasteiger partial charge in [0.25, 0.3) is 5.91 Å². The Balaban J connectivity index is 1.89. The van der Waals surface area contributed by atoms with Crippen LogP contribution in [-0.4, -0.2) is 22.5 Å². The zero-order valence-electron chi connectivity index (χ0n) is 11.5. The molecule has 0 spiro atoms. The number of hydrogen-bond donors (Lipinski definition) is 0. The summed E-state index contributed by atoms with van der Waals surface area (Å²) in [7, 11) is 0. The number of likely N-dealkylation sites (tertiary alicyclic amines) is 1. The van der Waals surface area contributed by atoms with Gasteiger partial charge in [-0.2, -0.15) is 0 Å². The minimum absolute atomic E-state index is 0.0192. The van der Waals surface area contributed by atoms with Gasteiger partial charge in [0.1, 0.15) is 0 Å². The standard InChI is InChI=1S/C15H14Br2N2O2/c1-9-7-14(21-18-9)13-3-2-6-19(13)15(20)11-5-4-10(16)8-12(11)17/h4-5,7-8,13H,2-3,6H2,1H3. The summed E-state index contributed by atoms with van der Waals surface area (Å²) in [4.78, 5) is 14.7. The van der Waals surface area contributed by atoms with Crippen LogP contribution < -0.4 is 0 Å². The molecule has 1 aromatic heterocycles. The van der Waals surface area contributed by atoms with E-state index in [4.69, 9.17) is 4.52 Å². The topological polar surface area (TPSA) is 46.3 Å². The SMILES string of the molecule is Cc1cc(C2CCCN2C(=O)c2ccc(Br)cc2Br)on1. The van der Waals surface area contributed by atoms with Crippen LogP contribution >= 0.6 is 31.9 Å². The van der Waals surface area contributed by atoms with Crippen LogP contribution in [0.4, 0.5) is 0 Å². The van der Waals surface area contributed by atoms with Crippen LogP contribution in [0.15, 0.2) is 37.7 Å². The van der Waals surface area contributed by atoms with Crippen LogP contribution in [0.2, 0.25) is 0 Å². The molecule has 4 nitrogen and oxygen atoms in total. The molecule has 0 saturated carbocycles. The van der Waals surface area contributed by atoms with Crippen molar-refractivity contribution in [2.75, 3.05) is 6.54 Å². The molecule has 1 saturated heterocycles. The second-order valence-corrected chi connectivity index (χ2v) is 6.92. The molecular weight excluding hydrogens is 400 g/mol. The molecule has 1 atom stereocenters. The Bertz CT molecular complexity index is 684. The summed E-state index contributed by atoms with van der Waals surface area (Å²) in [6, 6.07) is 7.48. The third-order valence-corrected chi connectivity index (χ3v) is 4.80. The molecular formula is C15H14Br2N2O2. The van der Waals surface area contributed by atoms with Crippen molar-refractivity contribution in [1.29, 1.82) is 0 Å².